The van der Waals surface area contributed by atoms with Gasteiger partial charge >= 0.3 is 5.97 Å². The first-order valence-electron chi connectivity index (χ1n) is 17.0. The Labute approximate surface area is 308 Å². The second-order valence-electron chi connectivity index (χ2n) is 13.0. The third kappa shape index (κ3) is 9.58. The third-order valence-electron chi connectivity index (χ3n) is 9.20. The molecule has 5 rings (SSSR count). The fraction of sp³-hybridized carbons (Fsp3) is 0.571. The predicted molar refractivity (Wildman–Crippen MR) is 179 cm³/mol. The molecule has 3 heterocycles. The highest BCUT2D eigenvalue weighted by atomic mass is 16.8. The van der Waals surface area contributed by atoms with Crippen LogP contribution in [0.4, 0.5) is 0 Å². The van der Waals surface area contributed by atoms with Crippen LogP contribution in [-0.4, -0.2) is 170 Å². The number of carbonyl (C=O) groups is 1. The number of benzene rings is 2. The largest absolute Gasteiger partial charge is 0.504 e. The van der Waals surface area contributed by atoms with E-state index in [0.717, 1.165) is 6.08 Å². The quantitative estimate of drug-likeness (QED) is 0.0585. The topological polar surface area (TPSA) is 293 Å². The van der Waals surface area contributed by atoms with E-state index in [9.17, 15) is 55.9 Å². The lowest BCUT2D eigenvalue weighted by atomic mass is 9.96. The number of rotatable bonds is 13. The van der Waals surface area contributed by atoms with Crippen molar-refractivity contribution >= 4 is 12.0 Å². The average molecular weight is 771 g/mol. The van der Waals surface area contributed by atoms with Crippen LogP contribution in [0.1, 0.15) is 18.1 Å². The molecule has 2 aromatic rings. The van der Waals surface area contributed by atoms with Crippen molar-refractivity contribution < 1.29 is 93.8 Å². The van der Waals surface area contributed by atoms with E-state index in [1.165, 1.54) is 56.5 Å². The SMILES string of the molecule is COc1cc(C=CC(=O)O[C@@H]2[C@@H](O[C@@H]3O[C@H](C)[C@@H](O)[C@H](O)[C@H]3O[C@H]3OC[C@@H](O)[C@H](O)[C@H]3O)[C@H](O)[C@@H](OCCc3ccc(O)c(O)c3)O[C@H]2CO)ccc1O. The van der Waals surface area contributed by atoms with Crippen molar-refractivity contribution in [1.29, 1.82) is 0 Å². The lowest BCUT2D eigenvalue weighted by molar-refractivity contribution is -0.381. The van der Waals surface area contributed by atoms with Crippen LogP contribution in [0.2, 0.25) is 0 Å². The van der Waals surface area contributed by atoms with Gasteiger partial charge in [-0.05, 0) is 54.8 Å². The van der Waals surface area contributed by atoms with E-state index < -0.39 is 105 Å². The predicted octanol–water partition coefficient (Wildman–Crippen LogP) is -2.25. The fourth-order valence-electron chi connectivity index (χ4n) is 6.10. The number of hydrogen-bond acceptors (Lipinski definition) is 19. The van der Waals surface area contributed by atoms with Crippen LogP contribution in [0.25, 0.3) is 6.08 Å². The second kappa shape index (κ2) is 18.3. The minimum atomic E-state index is -1.81. The summed E-state index contributed by atoms with van der Waals surface area (Å²) < 4.78 is 45.4. The van der Waals surface area contributed by atoms with Crippen LogP contribution < -0.4 is 4.74 Å². The highest BCUT2D eigenvalue weighted by Crippen LogP contribution is 2.34. The van der Waals surface area contributed by atoms with Gasteiger partial charge in [-0.2, -0.15) is 0 Å². The summed E-state index contributed by atoms with van der Waals surface area (Å²) in [5, 5.41) is 104. The Balaban J connectivity index is 1.40. The van der Waals surface area contributed by atoms with Crippen molar-refractivity contribution in [1.82, 2.24) is 0 Å². The molecule has 0 bridgehead atoms. The van der Waals surface area contributed by atoms with E-state index >= 15 is 0 Å². The highest BCUT2D eigenvalue weighted by Gasteiger charge is 2.54. The molecular weight excluding hydrogens is 724 g/mol. The number of aliphatic hydroxyl groups is 7. The fourth-order valence-corrected chi connectivity index (χ4v) is 6.10. The first kappa shape index (κ1) is 41.5. The summed E-state index contributed by atoms with van der Waals surface area (Å²) in [5.74, 6) is -1.67. The number of phenols is 3. The van der Waals surface area contributed by atoms with E-state index in [0.29, 0.717) is 11.1 Å². The van der Waals surface area contributed by atoms with Gasteiger partial charge in [-0.25, -0.2) is 4.79 Å². The van der Waals surface area contributed by atoms with Crippen molar-refractivity contribution in [2.75, 3.05) is 26.9 Å². The van der Waals surface area contributed by atoms with Crippen LogP contribution in [-0.2, 0) is 44.4 Å². The van der Waals surface area contributed by atoms with Gasteiger partial charge in [-0.1, -0.05) is 12.1 Å². The summed E-state index contributed by atoms with van der Waals surface area (Å²) in [4.78, 5) is 13.2. The van der Waals surface area contributed by atoms with Crippen molar-refractivity contribution in [3.8, 4) is 23.0 Å². The zero-order valence-electron chi connectivity index (χ0n) is 29.2. The first-order valence-corrected chi connectivity index (χ1v) is 17.0. The summed E-state index contributed by atoms with van der Waals surface area (Å²) >= 11 is 0. The van der Waals surface area contributed by atoms with Crippen LogP contribution in [0.5, 0.6) is 23.0 Å². The van der Waals surface area contributed by atoms with Gasteiger partial charge in [0, 0.05) is 6.08 Å². The van der Waals surface area contributed by atoms with Gasteiger partial charge in [0.25, 0.3) is 0 Å². The Kier molecular flexibility index (Phi) is 14.1. The molecule has 3 fully saturated rings. The maximum atomic E-state index is 13.2. The Bertz CT molecular complexity index is 1570. The molecule has 0 unspecified atom stereocenters. The number of hydrogen-bond donors (Lipinski definition) is 10. The van der Waals surface area contributed by atoms with Gasteiger partial charge in [0.1, 0.15) is 54.9 Å². The molecule has 19 nitrogen and oxygen atoms in total. The van der Waals surface area contributed by atoms with Crippen molar-refractivity contribution in [2.45, 2.75) is 99.4 Å². The second-order valence-corrected chi connectivity index (χ2v) is 13.0. The van der Waals surface area contributed by atoms with Gasteiger partial charge in [-0.15, -0.1) is 0 Å². The van der Waals surface area contributed by atoms with E-state index in [-0.39, 0.29) is 36.0 Å². The van der Waals surface area contributed by atoms with Gasteiger partial charge in [0.15, 0.2) is 48.0 Å². The summed E-state index contributed by atoms with van der Waals surface area (Å²) in [5.41, 5.74) is 0.985. The van der Waals surface area contributed by atoms with Crippen LogP contribution in [0, 0.1) is 0 Å². The minimum absolute atomic E-state index is 0.126. The van der Waals surface area contributed by atoms with Crippen LogP contribution in [0.15, 0.2) is 42.5 Å². The molecule has 10 N–H and O–H groups in total. The molecule has 0 aliphatic carbocycles. The molecule has 0 spiro atoms. The third-order valence-corrected chi connectivity index (χ3v) is 9.20. The molecule has 54 heavy (non-hydrogen) atoms. The van der Waals surface area contributed by atoms with Gasteiger partial charge < -0.3 is 89.0 Å². The van der Waals surface area contributed by atoms with E-state index in [4.69, 9.17) is 37.9 Å². The Morgan fingerprint density at radius 1 is 0.796 bits per heavy atom. The number of ether oxygens (including phenoxy) is 8. The van der Waals surface area contributed by atoms with Gasteiger partial charge in [0.05, 0.1) is 33.0 Å². The lowest BCUT2D eigenvalue weighted by Crippen LogP contribution is -2.66. The van der Waals surface area contributed by atoms with E-state index in [1.54, 1.807) is 0 Å². The van der Waals surface area contributed by atoms with Gasteiger partial charge in [0.2, 0.25) is 0 Å². The molecule has 0 radical (unpaired) electrons. The van der Waals surface area contributed by atoms with E-state index in [1.807, 2.05) is 0 Å². The Hall–Kier alpha value is -3.67. The molecule has 19 heteroatoms. The molecular formula is C35H46O19. The molecule has 3 aliphatic heterocycles. The molecule has 14 atom stereocenters. The van der Waals surface area contributed by atoms with E-state index in [2.05, 4.69) is 0 Å². The van der Waals surface area contributed by atoms with Crippen molar-refractivity contribution in [3.05, 3.63) is 53.6 Å². The molecule has 0 amide bonds. The van der Waals surface area contributed by atoms with Crippen LogP contribution >= 0.6 is 0 Å². The number of esters is 1. The smallest absolute Gasteiger partial charge is 0.331 e. The number of aromatic hydroxyl groups is 3. The molecule has 3 aliphatic rings. The average Bonchev–Trinajstić information content (AvgIpc) is 3.15. The Morgan fingerprint density at radius 2 is 1.52 bits per heavy atom. The zero-order chi connectivity index (χ0) is 39.3. The molecule has 300 valence electrons. The van der Waals surface area contributed by atoms with Crippen LogP contribution in [0.3, 0.4) is 0 Å². The normalized spacial score (nSPS) is 35.9. The number of methoxy groups -OCH3 is 1. The monoisotopic (exact) mass is 770 g/mol. The lowest BCUT2D eigenvalue weighted by Gasteiger charge is -2.48. The molecule has 2 aromatic carbocycles. The molecule has 0 saturated carbocycles. The standard InChI is InChI=1S/C35H46O19/c1-15-25(42)27(44)32(54-33-28(45)26(43)21(40)14-49-33)35(50-15)53-31-29(46)34(48-10-9-17-3-6-18(37)20(39)11-17)51-23(13-36)30(31)52-24(41)8-5-16-4-7-19(38)22(12-16)47-2/h3-8,11-12,15,21,23,25-40,42-46H,9-10,13-14H2,1-2H3/t15-,21-,23+,25-,26+,27+,28-,29+,30+,31+,32-,33-,34+,35+/m1/s1. The summed E-state index contributed by atoms with van der Waals surface area (Å²) in [6.45, 7) is 0.0235. The number of phenolic OH excluding ortho intramolecular Hbond substituents is 3. The summed E-state index contributed by atoms with van der Waals surface area (Å²) in [7, 11) is 1.35. The maximum Gasteiger partial charge on any atom is 0.331 e. The Morgan fingerprint density at radius 3 is 2.22 bits per heavy atom. The molecule has 3 saturated heterocycles. The summed E-state index contributed by atoms with van der Waals surface area (Å²) in [6.07, 6.45) is -19.9. The van der Waals surface area contributed by atoms with Crippen molar-refractivity contribution in [2.24, 2.45) is 0 Å². The minimum Gasteiger partial charge on any atom is -0.504 e. The summed E-state index contributed by atoms with van der Waals surface area (Å²) in [6, 6.07) is 8.41. The maximum absolute atomic E-state index is 13.2. The zero-order valence-corrected chi connectivity index (χ0v) is 29.2. The highest BCUT2D eigenvalue weighted by molar-refractivity contribution is 5.87. The number of carbonyl (C=O) groups excluding carboxylic acids is 1. The van der Waals surface area contributed by atoms with Gasteiger partial charge in [-0.3, -0.25) is 0 Å². The number of aliphatic hydroxyl groups excluding tert-OH is 7. The first-order chi connectivity index (χ1) is 25.7. The molecule has 0 aromatic heterocycles. The van der Waals surface area contributed by atoms with Crippen molar-refractivity contribution in [3.63, 3.8) is 0 Å².